The van der Waals surface area contributed by atoms with Gasteiger partial charge in [-0.1, -0.05) is 12.1 Å². The van der Waals surface area contributed by atoms with Gasteiger partial charge in [0.05, 0.1) is 16.9 Å². The summed E-state index contributed by atoms with van der Waals surface area (Å²) in [5.74, 6) is 3.69. The molecule has 0 radical (unpaired) electrons. The third kappa shape index (κ3) is 4.48. The Morgan fingerprint density at radius 2 is 2.04 bits per heavy atom. The lowest BCUT2D eigenvalue weighted by Gasteiger charge is -2.13. The summed E-state index contributed by atoms with van der Waals surface area (Å²) in [5, 5.41) is 2.84. The molecule has 1 saturated heterocycles. The molecule has 23 heavy (non-hydrogen) atoms. The van der Waals surface area contributed by atoms with Crippen LogP contribution in [0, 0.1) is 0 Å². The molecule has 1 N–H and O–H groups in total. The van der Waals surface area contributed by atoms with E-state index in [2.05, 4.69) is 17.4 Å². The third-order valence-electron chi connectivity index (χ3n) is 3.49. The van der Waals surface area contributed by atoms with Crippen molar-refractivity contribution in [3.63, 3.8) is 0 Å². The Morgan fingerprint density at radius 3 is 2.70 bits per heavy atom. The maximum absolute atomic E-state index is 11.9. The molecule has 2 aromatic rings. The molecule has 0 spiro atoms. The molecule has 4 nitrogen and oxygen atoms in total. The number of thioether (sulfide) groups is 2. The Labute approximate surface area is 144 Å². The van der Waals surface area contributed by atoms with Crippen LogP contribution in [0.25, 0.3) is 0 Å². The van der Waals surface area contributed by atoms with Crippen molar-refractivity contribution in [3.05, 3.63) is 54.0 Å². The lowest BCUT2D eigenvalue weighted by Crippen LogP contribution is -2.31. The van der Waals surface area contributed by atoms with Crippen LogP contribution in [0.15, 0.2) is 47.1 Å². The minimum Gasteiger partial charge on any atom is -0.484 e. The molecule has 0 bridgehead atoms. The number of ether oxygens (including phenoxy) is 1. The molecule has 1 atom stereocenters. The van der Waals surface area contributed by atoms with Crippen molar-refractivity contribution in [3.8, 4) is 5.75 Å². The van der Waals surface area contributed by atoms with E-state index in [0.29, 0.717) is 10.3 Å². The highest BCUT2D eigenvalue weighted by molar-refractivity contribution is 8.19. The molecular weight excluding hydrogens is 330 g/mol. The molecule has 1 aliphatic heterocycles. The first-order valence-electron chi connectivity index (χ1n) is 7.51. The Morgan fingerprint density at radius 1 is 1.30 bits per heavy atom. The molecule has 0 aliphatic carbocycles. The Hall–Kier alpha value is -1.53. The average Bonchev–Trinajstić information content (AvgIpc) is 3.26. The van der Waals surface area contributed by atoms with Crippen LogP contribution in [-0.4, -0.2) is 24.0 Å². The largest absolute Gasteiger partial charge is 0.484 e. The normalized spacial score (nSPS) is 16.2. The minimum absolute atomic E-state index is 0.00265. The molecule has 1 aliphatic rings. The van der Waals surface area contributed by atoms with Gasteiger partial charge in [-0.25, -0.2) is 0 Å². The number of hydrogen-bond donors (Lipinski definition) is 1. The van der Waals surface area contributed by atoms with Crippen molar-refractivity contribution < 1.29 is 13.9 Å². The fourth-order valence-electron chi connectivity index (χ4n) is 2.31. The van der Waals surface area contributed by atoms with E-state index in [1.54, 1.807) is 12.3 Å². The molecule has 1 aromatic heterocycles. The molecule has 1 amide bonds. The van der Waals surface area contributed by atoms with Gasteiger partial charge in [-0.3, -0.25) is 4.79 Å². The highest BCUT2D eigenvalue weighted by Crippen LogP contribution is 2.45. The number of rotatable bonds is 6. The van der Waals surface area contributed by atoms with Gasteiger partial charge in [0, 0.05) is 11.5 Å². The summed E-state index contributed by atoms with van der Waals surface area (Å²) in [7, 11) is 0. The van der Waals surface area contributed by atoms with Gasteiger partial charge >= 0.3 is 0 Å². The Bertz CT molecular complexity index is 622. The van der Waals surface area contributed by atoms with E-state index < -0.39 is 0 Å². The number of furan rings is 1. The monoisotopic (exact) mass is 349 g/mol. The zero-order valence-corrected chi connectivity index (χ0v) is 14.5. The molecule has 6 heteroatoms. The van der Waals surface area contributed by atoms with Crippen LogP contribution >= 0.6 is 23.5 Å². The number of benzene rings is 1. The van der Waals surface area contributed by atoms with Crippen molar-refractivity contribution in [2.24, 2.45) is 0 Å². The number of carbonyl (C=O) groups excluding carboxylic acids is 1. The van der Waals surface area contributed by atoms with E-state index in [4.69, 9.17) is 9.15 Å². The summed E-state index contributed by atoms with van der Waals surface area (Å²) in [5.41, 5.74) is 1.31. The summed E-state index contributed by atoms with van der Waals surface area (Å²) in [4.78, 5) is 11.9. The van der Waals surface area contributed by atoms with Gasteiger partial charge < -0.3 is 14.5 Å². The van der Waals surface area contributed by atoms with Crippen molar-refractivity contribution >= 4 is 29.4 Å². The van der Waals surface area contributed by atoms with Gasteiger partial charge in [0.2, 0.25) is 0 Å². The maximum Gasteiger partial charge on any atom is 0.258 e. The van der Waals surface area contributed by atoms with Crippen LogP contribution in [0.2, 0.25) is 0 Å². The standard InChI is InChI=1S/C17H19NO3S2/c1-12(15-3-2-8-20-15)18-16(19)11-21-14-6-4-13(5-7-14)17-22-9-10-23-17/h2-8,12,17H,9-11H2,1H3,(H,18,19)/t12-/m0/s1. The molecule has 1 aromatic carbocycles. The minimum atomic E-state index is -0.167. The second kappa shape index (κ2) is 7.84. The molecule has 1 fully saturated rings. The van der Waals surface area contributed by atoms with E-state index >= 15 is 0 Å². The summed E-state index contributed by atoms with van der Waals surface area (Å²) < 4.78 is 11.3. The summed E-state index contributed by atoms with van der Waals surface area (Å²) in [6, 6.07) is 11.5. The molecule has 3 rings (SSSR count). The van der Waals surface area contributed by atoms with Crippen molar-refractivity contribution in [1.29, 1.82) is 0 Å². The Balaban J connectivity index is 1.47. The second-order valence-electron chi connectivity index (χ2n) is 5.24. The smallest absolute Gasteiger partial charge is 0.258 e. The number of nitrogens with one attached hydrogen (secondary N) is 1. The van der Waals surface area contributed by atoms with Gasteiger partial charge in [-0.15, -0.1) is 23.5 Å². The summed E-state index contributed by atoms with van der Waals surface area (Å²) in [6.07, 6.45) is 1.59. The van der Waals surface area contributed by atoms with Gasteiger partial charge in [0.15, 0.2) is 6.61 Å². The van der Waals surface area contributed by atoms with E-state index in [0.717, 1.165) is 5.76 Å². The Kier molecular flexibility index (Phi) is 5.56. The highest BCUT2D eigenvalue weighted by Gasteiger charge is 2.18. The van der Waals surface area contributed by atoms with Crippen molar-refractivity contribution in [1.82, 2.24) is 5.32 Å². The van der Waals surface area contributed by atoms with Gasteiger partial charge in [0.25, 0.3) is 5.91 Å². The molecular formula is C17H19NO3S2. The molecule has 0 saturated carbocycles. The van der Waals surface area contributed by atoms with E-state index in [1.807, 2.05) is 48.6 Å². The lowest BCUT2D eigenvalue weighted by molar-refractivity contribution is -0.123. The zero-order valence-electron chi connectivity index (χ0n) is 12.9. The first kappa shape index (κ1) is 16.3. The molecule has 122 valence electrons. The van der Waals surface area contributed by atoms with E-state index in [-0.39, 0.29) is 18.6 Å². The van der Waals surface area contributed by atoms with Crippen LogP contribution < -0.4 is 10.1 Å². The van der Waals surface area contributed by atoms with Gasteiger partial charge in [-0.2, -0.15) is 0 Å². The SMILES string of the molecule is C[C@H](NC(=O)COc1ccc(C2SCCS2)cc1)c1ccco1. The predicted molar refractivity (Wildman–Crippen MR) is 94.9 cm³/mol. The number of hydrogen-bond acceptors (Lipinski definition) is 5. The van der Waals surface area contributed by atoms with E-state index in [1.165, 1.54) is 17.1 Å². The van der Waals surface area contributed by atoms with Crippen LogP contribution in [0.3, 0.4) is 0 Å². The van der Waals surface area contributed by atoms with E-state index in [9.17, 15) is 4.79 Å². The topological polar surface area (TPSA) is 51.5 Å². The van der Waals surface area contributed by atoms with Crippen LogP contribution in [0.4, 0.5) is 0 Å². The first-order valence-corrected chi connectivity index (χ1v) is 9.61. The van der Waals surface area contributed by atoms with Crippen LogP contribution in [0.1, 0.15) is 28.9 Å². The highest BCUT2D eigenvalue weighted by atomic mass is 32.2. The van der Waals surface area contributed by atoms with Crippen molar-refractivity contribution in [2.45, 2.75) is 17.5 Å². The first-order chi connectivity index (χ1) is 11.2. The second-order valence-corrected chi connectivity index (χ2v) is 7.96. The zero-order chi connectivity index (χ0) is 16.1. The quantitative estimate of drug-likeness (QED) is 0.854. The predicted octanol–water partition coefficient (Wildman–Crippen LogP) is 4.01. The average molecular weight is 349 g/mol. The number of amides is 1. The third-order valence-corrected chi connectivity index (χ3v) is 6.60. The van der Waals surface area contributed by atoms with Crippen LogP contribution in [-0.2, 0) is 4.79 Å². The van der Waals surface area contributed by atoms with Gasteiger partial charge in [0.1, 0.15) is 11.5 Å². The molecule has 2 heterocycles. The van der Waals surface area contributed by atoms with Gasteiger partial charge in [-0.05, 0) is 36.8 Å². The fourth-order valence-corrected chi connectivity index (χ4v) is 5.17. The lowest BCUT2D eigenvalue weighted by atomic mass is 10.2. The molecule has 0 unspecified atom stereocenters. The fraction of sp³-hybridized carbons (Fsp3) is 0.353. The number of carbonyl (C=O) groups is 1. The van der Waals surface area contributed by atoms with Crippen LogP contribution in [0.5, 0.6) is 5.75 Å². The maximum atomic E-state index is 11.9. The summed E-state index contributed by atoms with van der Waals surface area (Å²) >= 11 is 3.95. The summed E-state index contributed by atoms with van der Waals surface area (Å²) in [6.45, 7) is 1.87. The van der Waals surface area contributed by atoms with Crippen molar-refractivity contribution in [2.75, 3.05) is 18.1 Å².